The lowest BCUT2D eigenvalue weighted by atomic mass is 9.96. The average Bonchev–Trinajstić information content (AvgIpc) is 3.24. The minimum atomic E-state index is -1.67. The molecule has 2 aromatic carbocycles. The van der Waals surface area contributed by atoms with Crippen LogP contribution >= 0.6 is 0 Å². The maximum absolute atomic E-state index is 14.8. The molecule has 0 saturated heterocycles. The maximum atomic E-state index is 14.8. The number of benzene rings is 2. The highest BCUT2D eigenvalue weighted by molar-refractivity contribution is 5.97. The van der Waals surface area contributed by atoms with Crippen LogP contribution in [0.1, 0.15) is 93.2 Å². The molecule has 0 heterocycles. The first-order valence-electron chi connectivity index (χ1n) is 22.5. The first kappa shape index (κ1) is 57.1. The Morgan fingerprint density at radius 2 is 1.19 bits per heavy atom. The van der Waals surface area contributed by atoms with Gasteiger partial charge in [0.1, 0.15) is 49.0 Å². The third-order valence-electron chi connectivity index (χ3n) is 10.9. The number of hydrogen-bond acceptors (Lipinski definition) is 11. The normalized spacial score (nSPS) is 14.3. The van der Waals surface area contributed by atoms with E-state index in [-0.39, 0.29) is 19.6 Å². The Hall–Kier alpha value is -6.04. The van der Waals surface area contributed by atoms with Gasteiger partial charge in [-0.05, 0) is 64.5 Å². The van der Waals surface area contributed by atoms with Gasteiger partial charge in [0.2, 0.25) is 29.5 Å². The molecule has 0 radical (unpaired) electrons. The highest BCUT2D eigenvalue weighted by Crippen LogP contribution is 2.20. The molecule has 18 heteroatoms. The van der Waals surface area contributed by atoms with Crippen molar-refractivity contribution in [3.8, 4) is 0 Å². The Kier molecular flexibility index (Phi) is 21.9. The minimum Gasteiger partial charge on any atom is -0.480 e. The molecule has 0 bridgehead atoms. The van der Waals surface area contributed by atoms with Crippen LogP contribution in [0.25, 0.3) is 0 Å². The lowest BCUT2D eigenvalue weighted by molar-refractivity contribution is -0.159. The molecule has 0 aliphatic rings. The SMILES string of the molecule is CC[C@H](C)[C@@H](C(=O)N[C@@H](COC(C)(C)C)C(=O)N(C)[C@@H](Cc1ccccc1)C(=O)N(C)[C@H](C(=O)N[C@@H](CC(=O)OC(C)(C)C)C(=O)O)C(C)C)N(C)C(=O)CN(C)C(=O)OCc1ccccc1. The summed E-state index contributed by atoms with van der Waals surface area (Å²) >= 11 is 0. The van der Waals surface area contributed by atoms with E-state index in [9.17, 15) is 43.5 Å². The van der Waals surface area contributed by atoms with Crippen molar-refractivity contribution in [2.45, 2.75) is 137 Å². The Bertz CT molecular complexity index is 1980. The van der Waals surface area contributed by atoms with E-state index in [2.05, 4.69) is 10.6 Å². The standard InChI is InChI=1S/C49H74N6O12/c1-15-32(4)41(54(13)38(56)28-52(11)47(64)65-29-34-24-20-17-21-25-34)43(59)51-36(30-66-48(5,6)7)44(60)53(12)37(26-33-22-18-16-19-23-33)45(61)55(14)40(31(2)3)42(58)50-35(46(62)63)27-39(57)67-49(8,9)10/h16-25,31-32,35-37,40-41H,15,26-30H2,1-14H3,(H,50,58)(H,51,59)(H,62,63)/t32-,35-,36-,37-,40-,41-/m0/s1. The number of esters is 1. The first-order chi connectivity index (χ1) is 31.1. The number of hydrogen-bond donors (Lipinski definition) is 3. The van der Waals surface area contributed by atoms with E-state index >= 15 is 0 Å². The summed E-state index contributed by atoms with van der Waals surface area (Å²) in [6.07, 6.45) is -0.970. The first-order valence-corrected chi connectivity index (χ1v) is 22.5. The third-order valence-corrected chi connectivity index (χ3v) is 10.9. The van der Waals surface area contributed by atoms with Gasteiger partial charge in [-0.3, -0.25) is 28.8 Å². The molecule has 0 saturated carbocycles. The van der Waals surface area contributed by atoms with Gasteiger partial charge in [-0.15, -0.1) is 0 Å². The zero-order chi connectivity index (χ0) is 51.0. The number of carboxylic acid groups (broad SMARTS) is 1. The van der Waals surface area contributed by atoms with Gasteiger partial charge in [-0.2, -0.15) is 0 Å². The topological polar surface area (TPSA) is 221 Å². The Morgan fingerprint density at radius 3 is 1.69 bits per heavy atom. The number of carbonyl (C=O) groups is 8. The zero-order valence-corrected chi connectivity index (χ0v) is 41.8. The molecule has 2 aromatic rings. The number of nitrogens with one attached hydrogen (secondary N) is 2. The van der Waals surface area contributed by atoms with E-state index in [1.54, 1.807) is 105 Å². The molecule has 6 atom stereocenters. The van der Waals surface area contributed by atoms with Crippen molar-refractivity contribution >= 4 is 47.6 Å². The Morgan fingerprint density at radius 1 is 0.672 bits per heavy atom. The second kappa shape index (κ2) is 25.8. The van der Waals surface area contributed by atoms with Gasteiger partial charge < -0.3 is 49.6 Å². The van der Waals surface area contributed by atoms with Crippen molar-refractivity contribution < 1.29 is 57.7 Å². The fraction of sp³-hybridized carbons (Fsp3) is 0.592. The lowest BCUT2D eigenvalue weighted by Crippen LogP contribution is -2.62. The molecule has 0 aromatic heterocycles. The van der Waals surface area contributed by atoms with Crippen LogP contribution in [0.4, 0.5) is 4.79 Å². The van der Waals surface area contributed by atoms with Crippen molar-refractivity contribution in [1.29, 1.82) is 0 Å². The van der Waals surface area contributed by atoms with E-state index in [0.29, 0.717) is 12.0 Å². The van der Waals surface area contributed by atoms with Crippen LogP contribution in [0.5, 0.6) is 0 Å². The molecular weight excluding hydrogens is 865 g/mol. The summed E-state index contributed by atoms with van der Waals surface area (Å²) in [5, 5.41) is 15.2. The Labute approximate surface area is 396 Å². The molecule has 2 rings (SSSR count). The smallest absolute Gasteiger partial charge is 0.410 e. The van der Waals surface area contributed by atoms with E-state index in [1.807, 2.05) is 25.1 Å². The van der Waals surface area contributed by atoms with Gasteiger partial charge in [0, 0.05) is 34.6 Å². The van der Waals surface area contributed by atoms with Crippen LogP contribution < -0.4 is 10.6 Å². The van der Waals surface area contributed by atoms with Crippen LogP contribution in [0.15, 0.2) is 60.7 Å². The van der Waals surface area contributed by atoms with Gasteiger partial charge >= 0.3 is 18.0 Å². The predicted octanol–water partition coefficient (Wildman–Crippen LogP) is 4.28. The Balaban J connectivity index is 2.49. The number of aliphatic carboxylic acids is 1. The number of carbonyl (C=O) groups excluding carboxylic acids is 7. The molecule has 0 unspecified atom stereocenters. The summed E-state index contributed by atoms with van der Waals surface area (Å²) in [5.41, 5.74) is -0.251. The molecule has 0 spiro atoms. The summed E-state index contributed by atoms with van der Waals surface area (Å²) < 4.78 is 16.7. The predicted molar refractivity (Wildman–Crippen MR) is 251 cm³/mol. The minimum absolute atomic E-state index is 0.00122. The number of likely N-dealkylation sites (N-methyl/N-ethyl adjacent to an activating group) is 4. The third kappa shape index (κ3) is 18.6. The monoisotopic (exact) mass is 939 g/mol. The van der Waals surface area contributed by atoms with E-state index in [4.69, 9.17) is 14.2 Å². The van der Waals surface area contributed by atoms with Gasteiger partial charge in [-0.25, -0.2) is 9.59 Å². The number of carboxylic acids is 1. The van der Waals surface area contributed by atoms with Crippen LogP contribution in [-0.2, 0) is 60.8 Å². The number of amides is 6. The highest BCUT2D eigenvalue weighted by Gasteiger charge is 2.41. The summed E-state index contributed by atoms with van der Waals surface area (Å²) in [6, 6.07) is 11.2. The van der Waals surface area contributed by atoms with Crippen molar-refractivity contribution in [3.05, 3.63) is 71.8 Å². The molecule has 3 N–H and O–H groups in total. The lowest BCUT2D eigenvalue weighted by Gasteiger charge is -2.38. The number of rotatable bonds is 23. The largest absolute Gasteiger partial charge is 0.480 e. The summed E-state index contributed by atoms with van der Waals surface area (Å²) in [6.45, 7) is 16.4. The molecule has 0 fully saturated rings. The quantitative estimate of drug-likeness (QED) is 0.133. The molecule has 0 aliphatic carbocycles. The van der Waals surface area contributed by atoms with E-state index in [1.165, 1.54) is 38.0 Å². The molecule has 372 valence electrons. The summed E-state index contributed by atoms with van der Waals surface area (Å²) in [4.78, 5) is 114. The summed E-state index contributed by atoms with van der Waals surface area (Å²) in [7, 11) is 5.63. The van der Waals surface area contributed by atoms with Crippen LogP contribution in [-0.4, -0.2) is 155 Å². The second-order valence-electron chi connectivity index (χ2n) is 19.2. The fourth-order valence-corrected chi connectivity index (χ4v) is 7.10. The molecule has 6 amide bonds. The fourth-order valence-electron chi connectivity index (χ4n) is 7.10. The van der Waals surface area contributed by atoms with Crippen LogP contribution in [0.3, 0.4) is 0 Å². The molecule has 67 heavy (non-hydrogen) atoms. The van der Waals surface area contributed by atoms with Gasteiger partial charge in [0.15, 0.2) is 0 Å². The summed E-state index contributed by atoms with van der Waals surface area (Å²) in [5.74, 6) is -6.81. The van der Waals surface area contributed by atoms with Gasteiger partial charge in [-0.1, -0.05) is 94.8 Å². The van der Waals surface area contributed by atoms with Crippen LogP contribution in [0.2, 0.25) is 0 Å². The van der Waals surface area contributed by atoms with E-state index < -0.39 is 114 Å². The van der Waals surface area contributed by atoms with Crippen molar-refractivity contribution in [2.75, 3.05) is 41.3 Å². The molecule has 18 nitrogen and oxygen atoms in total. The molecule has 0 aliphatic heterocycles. The van der Waals surface area contributed by atoms with Crippen molar-refractivity contribution in [2.24, 2.45) is 11.8 Å². The molecular formula is C49H74N6O12. The van der Waals surface area contributed by atoms with Crippen LogP contribution in [0, 0.1) is 11.8 Å². The van der Waals surface area contributed by atoms with Gasteiger partial charge in [0.25, 0.3) is 0 Å². The number of ether oxygens (including phenoxy) is 3. The number of nitrogens with zero attached hydrogens (tertiary/aromatic N) is 4. The van der Waals surface area contributed by atoms with E-state index in [0.717, 1.165) is 15.4 Å². The van der Waals surface area contributed by atoms with Crippen molar-refractivity contribution in [1.82, 2.24) is 30.2 Å². The van der Waals surface area contributed by atoms with Crippen molar-refractivity contribution in [3.63, 3.8) is 0 Å². The van der Waals surface area contributed by atoms with Gasteiger partial charge in [0.05, 0.1) is 18.6 Å². The second-order valence-corrected chi connectivity index (χ2v) is 19.2. The highest BCUT2D eigenvalue weighted by atomic mass is 16.6. The zero-order valence-electron chi connectivity index (χ0n) is 41.8. The maximum Gasteiger partial charge on any atom is 0.410 e. The average molecular weight is 939 g/mol.